The molecule has 2 N–H and O–H groups in total. The van der Waals surface area contributed by atoms with E-state index in [1.54, 1.807) is 11.3 Å². The number of nitrogens with zero attached hydrogens (tertiary/aromatic N) is 1. The molecule has 5 nitrogen and oxygen atoms in total. The monoisotopic (exact) mass is 300 g/mol. The van der Waals surface area contributed by atoms with Crippen molar-refractivity contribution in [2.24, 2.45) is 0 Å². The Balaban J connectivity index is 1.85. The maximum absolute atomic E-state index is 5.98. The summed E-state index contributed by atoms with van der Waals surface area (Å²) in [6.45, 7) is 1.12. The molecule has 3 aromatic rings. The van der Waals surface area contributed by atoms with Crippen LogP contribution >= 0.6 is 11.3 Å². The normalized spacial score (nSPS) is 13.3. The number of thiophene rings is 1. The number of benzene rings is 1. The van der Waals surface area contributed by atoms with Gasteiger partial charge in [0.2, 0.25) is 0 Å². The van der Waals surface area contributed by atoms with Gasteiger partial charge in [0.25, 0.3) is 0 Å². The molecule has 3 heterocycles. The molecule has 2 aromatic heterocycles. The minimum atomic E-state index is 0.370. The van der Waals surface area contributed by atoms with Gasteiger partial charge in [0.05, 0.1) is 10.4 Å². The molecule has 0 unspecified atom stereocenters. The fraction of sp³-hybridized carbons (Fsp3) is 0.133. The van der Waals surface area contributed by atoms with Crippen LogP contribution in [-0.4, -0.2) is 18.4 Å². The third-order valence-corrected chi connectivity index (χ3v) is 4.16. The van der Waals surface area contributed by atoms with Crippen molar-refractivity contribution < 1.29 is 14.0 Å². The summed E-state index contributed by atoms with van der Waals surface area (Å²) in [5, 5.41) is 5.89. The van der Waals surface area contributed by atoms with E-state index in [9.17, 15) is 0 Å². The van der Waals surface area contributed by atoms with E-state index < -0.39 is 0 Å². The molecule has 0 atom stereocenters. The van der Waals surface area contributed by atoms with Crippen LogP contribution in [0.5, 0.6) is 11.5 Å². The first-order valence-corrected chi connectivity index (χ1v) is 7.40. The maximum atomic E-state index is 5.98. The molecule has 0 saturated heterocycles. The van der Waals surface area contributed by atoms with Crippen molar-refractivity contribution in [3.05, 3.63) is 35.7 Å². The van der Waals surface area contributed by atoms with Crippen molar-refractivity contribution in [3.8, 4) is 33.3 Å². The average molecular weight is 300 g/mol. The van der Waals surface area contributed by atoms with Gasteiger partial charge in [0.1, 0.15) is 13.2 Å². The van der Waals surface area contributed by atoms with Crippen molar-refractivity contribution >= 4 is 17.2 Å². The van der Waals surface area contributed by atoms with Crippen molar-refractivity contribution in [1.82, 2.24) is 5.16 Å². The Hall–Kier alpha value is -2.47. The number of rotatable bonds is 2. The van der Waals surface area contributed by atoms with Gasteiger partial charge in [0.15, 0.2) is 23.1 Å². The lowest BCUT2D eigenvalue weighted by molar-refractivity contribution is 0.171. The van der Waals surface area contributed by atoms with Crippen LogP contribution in [0.4, 0.5) is 5.82 Å². The van der Waals surface area contributed by atoms with Gasteiger partial charge in [-0.1, -0.05) is 17.3 Å². The Morgan fingerprint density at radius 3 is 2.76 bits per heavy atom. The summed E-state index contributed by atoms with van der Waals surface area (Å²) < 4.78 is 16.6. The predicted molar refractivity (Wildman–Crippen MR) is 80.7 cm³/mol. The first-order valence-electron chi connectivity index (χ1n) is 6.52. The standard InChI is InChI=1S/C15H12N2O3S/c16-15-13(14(20-17-15)12-2-1-7-21-12)9-3-4-10-11(8-9)19-6-5-18-10/h1-4,7-8H,5-6H2,(H2,16,17). The van der Waals surface area contributed by atoms with Gasteiger partial charge < -0.3 is 19.7 Å². The second-order valence-electron chi connectivity index (χ2n) is 4.61. The minimum Gasteiger partial charge on any atom is -0.486 e. The molecule has 0 amide bonds. The highest BCUT2D eigenvalue weighted by atomic mass is 32.1. The third kappa shape index (κ3) is 2.04. The van der Waals surface area contributed by atoms with Crippen molar-refractivity contribution in [3.63, 3.8) is 0 Å². The smallest absolute Gasteiger partial charge is 0.186 e. The van der Waals surface area contributed by atoms with Crippen LogP contribution in [0.25, 0.3) is 21.8 Å². The van der Waals surface area contributed by atoms with E-state index in [1.165, 1.54) is 0 Å². The average Bonchev–Trinajstić information content (AvgIpc) is 3.16. The molecule has 0 saturated carbocycles. The molecule has 1 aliphatic heterocycles. The number of nitrogen functional groups attached to an aromatic ring is 1. The number of hydrogen-bond acceptors (Lipinski definition) is 6. The molecule has 0 aliphatic carbocycles. The number of anilines is 1. The summed E-state index contributed by atoms with van der Waals surface area (Å²) >= 11 is 1.58. The molecule has 0 bridgehead atoms. The van der Waals surface area contributed by atoms with E-state index in [4.69, 9.17) is 19.7 Å². The predicted octanol–water partition coefficient (Wildman–Crippen LogP) is 3.42. The maximum Gasteiger partial charge on any atom is 0.186 e. The van der Waals surface area contributed by atoms with Gasteiger partial charge in [-0.3, -0.25) is 0 Å². The van der Waals surface area contributed by atoms with E-state index in [1.807, 2.05) is 35.7 Å². The first-order chi connectivity index (χ1) is 10.3. The Morgan fingerprint density at radius 2 is 1.95 bits per heavy atom. The second kappa shape index (κ2) is 4.82. The van der Waals surface area contributed by atoms with Crippen LogP contribution < -0.4 is 15.2 Å². The summed E-state index contributed by atoms with van der Waals surface area (Å²) in [4.78, 5) is 0.990. The molecule has 0 spiro atoms. The summed E-state index contributed by atoms with van der Waals surface area (Å²) in [5.41, 5.74) is 7.67. The lowest BCUT2D eigenvalue weighted by Crippen LogP contribution is -2.15. The molecule has 6 heteroatoms. The van der Waals surface area contributed by atoms with E-state index in [0.29, 0.717) is 24.8 Å². The van der Waals surface area contributed by atoms with Crippen molar-refractivity contribution in [2.75, 3.05) is 18.9 Å². The molecule has 4 rings (SSSR count). The topological polar surface area (TPSA) is 70.5 Å². The van der Waals surface area contributed by atoms with Gasteiger partial charge in [-0.05, 0) is 29.1 Å². The molecule has 1 aliphatic rings. The number of ether oxygens (including phenoxy) is 2. The zero-order valence-corrected chi connectivity index (χ0v) is 11.9. The zero-order chi connectivity index (χ0) is 14.2. The van der Waals surface area contributed by atoms with E-state index in [-0.39, 0.29) is 0 Å². The van der Waals surface area contributed by atoms with E-state index in [2.05, 4.69) is 5.16 Å². The first kappa shape index (κ1) is 12.3. The fourth-order valence-electron chi connectivity index (χ4n) is 2.36. The van der Waals surface area contributed by atoms with Crippen LogP contribution in [0, 0.1) is 0 Å². The lowest BCUT2D eigenvalue weighted by Gasteiger charge is -2.18. The lowest BCUT2D eigenvalue weighted by atomic mass is 10.0. The third-order valence-electron chi connectivity index (χ3n) is 3.29. The highest BCUT2D eigenvalue weighted by Crippen LogP contribution is 2.41. The molecule has 21 heavy (non-hydrogen) atoms. The van der Waals surface area contributed by atoms with Gasteiger partial charge >= 0.3 is 0 Å². The minimum absolute atomic E-state index is 0.370. The summed E-state index contributed by atoms with van der Waals surface area (Å²) in [6.07, 6.45) is 0. The Bertz CT molecular complexity index is 780. The molecule has 106 valence electrons. The van der Waals surface area contributed by atoms with Crippen molar-refractivity contribution in [1.29, 1.82) is 0 Å². The number of nitrogens with two attached hydrogens (primary N) is 1. The zero-order valence-electron chi connectivity index (χ0n) is 11.0. The summed E-state index contributed by atoms with van der Waals surface area (Å²) in [5.74, 6) is 2.52. The van der Waals surface area contributed by atoms with E-state index in [0.717, 1.165) is 27.5 Å². The second-order valence-corrected chi connectivity index (χ2v) is 5.56. The van der Waals surface area contributed by atoms with Crippen LogP contribution in [0.2, 0.25) is 0 Å². The quantitative estimate of drug-likeness (QED) is 0.785. The van der Waals surface area contributed by atoms with Crippen LogP contribution in [0.3, 0.4) is 0 Å². The molecular weight excluding hydrogens is 288 g/mol. The Kier molecular flexibility index (Phi) is 2.82. The molecule has 0 fully saturated rings. The van der Waals surface area contributed by atoms with Gasteiger partial charge in [0, 0.05) is 0 Å². The molecule has 0 radical (unpaired) electrons. The number of hydrogen-bond donors (Lipinski definition) is 1. The van der Waals surface area contributed by atoms with Crippen LogP contribution in [-0.2, 0) is 0 Å². The largest absolute Gasteiger partial charge is 0.486 e. The van der Waals surface area contributed by atoms with E-state index >= 15 is 0 Å². The van der Waals surface area contributed by atoms with Gasteiger partial charge in [-0.15, -0.1) is 11.3 Å². The Morgan fingerprint density at radius 1 is 1.10 bits per heavy atom. The highest BCUT2D eigenvalue weighted by molar-refractivity contribution is 7.13. The SMILES string of the molecule is Nc1noc(-c2cccs2)c1-c1ccc2c(c1)OCCO2. The van der Waals surface area contributed by atoms with Gasteiger partial charge in [-0.2, -0.15) is 0 Å². The van der Waals surface area contributed by atoms with Crippen LogP contribution in [0.15, 0.2) is 40.2 Å². The molecular formula is C15H12N2O3S. The number of aromatic nitrogens is 1. The number of fused-ring (bicyclic) bond motifs is 1. The fourth-order valence-corrected chi connectivity index (χ4v) is 3.06. The van der Waals surface area contributed by atoms with Gasteiger partial charge in [-0.25, -0.2) is 0 Å². The van der Waals surface area contributed by atoms with Crippen LogP contribution in [0.1, 0.15) is 0 Å². The summed E-state index contributed by atoms with van der Waals surface area (Å²) in [7, 11) is 0. The summed E-state index contributed by atoms with van der Waals surface area (Å²) in [6, 6.07) is 9.68. The Labute approximate surface area is 124 Å². The molecule has 1 aromatic carbocycles. The van der Waals surface area contributed by atoms with Crippen molar-refractivity contribution in [2.45, 2.75) is 0 Å². The highest BCUT2D eigenvalue weighted by Gasteiger charge is 2.21.